The van der Waals surface area contributed by atoms with Crippen LogP contribution in [-0.4, -0.2) is 12.2 Å². The maximum atomic E-state index is 5.91. The Morgan fingerprint density at radius 2 is 1.86 bits per heavy atom. The summed E-state index contributed by atoms with van der Waals surface area (Å²) in [7, 11) is 0. The summed E-state index contributed by atoms with van der Waals surface area (Å²) in [6.45, 7) is 3.05. The number of anilines is 1. The van der Waals surface area contributed by atoms with E-state index in [9.17, 15) is 0 Å². The molecule has 0 atom stereocenters. The first-order chi connectivity index (χ1) is 6.75. The topological polar surface area (TPSA) is 3.24 Å². The molecule has 0 heterocycles. The number of halogens is 2. The van der Waals surface area contributed by atoms with Gasteiger partial charge >= 0.3 is 5.68 Å². The van der Waals surface area contributed by atoms with Crippen molar-refractivity contribution < 1.29 is 0 Å². The monoisotopic (exact) mass is 229 g/mol. The molecular formula is C10H14BCl2N. The van der Waals surface area contributed by atoms with E-state index in [2.05, 4.69) is 6.92 Å². The van der Waals surface area contributed by atoms with E-state index in [0.29, 0.717) is 0 Å². The van der Waals surface area contributed by atoms with E-state index in [1.807, 2.05) is 35.1 Å². The van der Waals surface area contributed by atoms with Crippen LogP contribution in [-0.2, 0) is 0 Å². The molecule has 0 aromatic heterocycles. The molecule has 0 saturated heterocycles. The van der Waals surface area contributed by atoms with Gasteiger partial charge in [-0.1, -0.05) is 31.5 Å². The molecule has 14 heavy (non-hydrogen) atoms. The maximum Gasteiger partial charge on any atom is 0.467 e. The highest BCUT2D eigenvalue weighted by Gasteiger charge is 2.17. The zero-order valence-electron chi connectivity index (χ0n) is 8.29. The molecule has 1 rings (SSSR count). The molecule has 0 fully saturated rings. The van der Waals surface area contributed by atoms with E-state index in [4.69, 9.17) is 22.9 Å². The molecular weight excluding hydrogens is 216 g/mol. The van der Waals surface area contributed by atoms with Crippen molar-refractivity contribution in [3.8, 4) is 0 Å². The van der Waals surface area contributed by atoms with Gasteiger partial charge in [0.25, 0.3) is 0 Å². The fourth-order valence-corrected chi connectivity index (χ4v) is 1.71. The molecule has 4 heteroatoms. The summed E-state index contributed by atoms with van der Waals surface area (Å²) >= 11 is 11.8. The SMILES string of the molecule is CCCCN(B(Cl)Cl)c1ccccc1. The Hall–Kier alpha value is -0.335. The lowest BCUT2D eigenvalue weighted by Gasteiger charge is -2.24. The lowest BCUT2D eigenvalue weighted by molar-refractivity contribution is 0.803. The second-order valence-electron chi connectivity index (χ2n) is 3.16. The molecule has 0 bridgehead atoms. The number of nitrogens with zero attached hydrogens (tertiary/aromatic N) is 1. The first-order valence-corrected chi connectivity index (χ1v) is 5.73. The summed E-state index contributed by atoms with van der Waals surface area (Å²) in [4.78, 5) is 1.99. The van der Waals surface area contributed by atoms with Crippen LogP contribution in [0.5, 0.6) is 0 Å². The van der Waals surface area contributed by atoms with Crippen molar-refractivity contribution in [1.29, 1.82) is 0 Å². The number of unbranched alkanes of at least 4 members (excludes halogenated alkanes) is 1. The average molecular weight is 230 g/mol. The van der Waals surface area contributed by atoms with Gasteiger partial charge in [-0.2, -0.15) is 0 Å². The van der Waals surface area contributed by atoms with Crippen molar-refractivity contribution in [2.45, 2.75) is 19.8 Å². The number of hydrogen-bond acceptors (Lipinski definition) is 1. The van der Waals surface area contributed by atoms with Crippen LogP contribution in [0.4, 0.5) is 5.69 Å². The van der Waals surface area contributed by atoms with Crippen LogP contribution in [0.3, 0.4) is 0 Å². The van der Waals surface area contributed by atoms with Gasteiger partial charge in [-0.15, -0.1) is 22.9 Å². The minimum absolute atomic E-state index is 0.469. The Bertz CT molecular complexity index is 254. The van der Waals surface area contributed by atoms with Crippen molar-refractivity contribution in [3.05, 3.63) is 30.3 Å². The van der Waals surface area contributed by atoms with E-state index in [1.165, 1.54) is 0 Å². The summed E-state index contributed by atoms with van der Waals surface area (Å²) < 4.78 is 0. The molecule has 0 aliphatic carbocycles. The summed E-state index contributed by atoms with van der Waals surface area (Å²) in [5.74, 6) is 0. The Labute approximate surface area is 95.9 Å². The predicted molar refractivity (Wildman–Crippen MR) is 66.2 cm³/mol. The smallest absolute Gasteiger partial charge is 0.388 e. The Kier molecular flexibility index (Phi) is 5.20. The van der Waals surface area contributed by atoms with Gasteiger partial charge in [0.15, 0.2) is 0 Å². The van der Waals surface area contributed by atoms with Crippen LogP contribution in [0.15, 0.2) is 30.3 Å². The molecule has 0 N–H and O–H groups in total. The average Bonchev–Trinajstić information content (AvgIpc) is 2.19. The highest BCUT2D eigenvalue weighted by atomic mass is 35.5. The third-order valence-corrected chi connectivity index (χ3v) is 2.55. The van der Waals surface area contributed by atoms with Crippen molar-refractivity contribution in [1.82, 2.24) is 0 Å². The normalized spacial score (nSPS) is 9.93. The van der Waals surface area contributed by atoms with E-state index in [1.54, 1.807) is 0 Å². The summed E-state index contributed by atoms with van der Waals surface area (Å²) in [6, 6.07) is 10.0. The quantitative estimate of drug-likeness (QED) is 0.696. The van der Waals surface area contributed by atoms with Gasteiger partial charge < -0.3 is 4.81 Å². The van der Waals surface area contributed by atoms with E-state index in [0.717, 1.165) is 25.1 Å². The predicted octanol–water partition coefficient (Wildman–Crippen LogP) is 3.76. The number of rotatable bonds is 5. The van der Waals surface area contributed by atoms with Gasteiger partial charge in [-0.05, 0) is 18.6 Å². The highest BCUT2D eigenvalue weighted by molar-refractivity contribution is 7.35. The number of benzene rings is 1. The fourth-order valence-electron chi connectivity index (χ4n) is 1.29. The molecule has 0 amide bonds. The standard InChI is InChI=1S/C10H14BCl2N/c1-2-3-9-14(11(12)13)10-7-5-4-6-8-10/h4-8H,2-3,9H2,1H3. The summed E-state index contributed by atoms with van der Waals surface area (Å²) in [6.07, 6.45) is 2.24. The fraction of sp³-hybridized carbons (Fsp3) is 0.400. The van der Waals surface area contributed by atoms with Gasteiger partial charge in [0, 0.05) is 12.2 Å². The van der Waals surface area contributed by atoms with E-state index < -0.39 is 5.68 Å². The summed E-state index contributed by atoms with van der Waals surface area (Å²) in [5.41, 5.74) is 0.611. The molecule has 0 spiro atoms. The highest BCUT2D eigenvalue weighted by Crippen LogP contribution is 2.18. The second-order valence-corrected chi connectivity index (χ2v) is 4.21. The largest absolute Gasteiger partial charge is 0.467 e. The molecule has 1 aromatic rings. The maximum absolute atomic E-state index is 5.91. The molecule has 0 aliphatic rings. The van der Waals surface area contributed by atoms with Crippen LogP contribution in [0, 0.1) is 0 Å². The van der Waals surface area contributed by atoms with Crippen LogP contribution >= 0.6 is 22.9 Å². The molecule has 0 radical (unpaired) electrons. The Balaban J connectivity index is 2.68. The summed E-state index contributed by atoms with van der Waals surface area (Å²) in [5, 5.41) is 0. The molecule has 0 aliphatic heterocycles. The van der Waals surface area contributed by atoms with Gasteiger partial charge in [-0.25, -0.2) is 0 Å². The molecule has 0 saturated carbocycles. The van der Waals surface area contributed by atoms with Crippen LogP contribution in [0.25, 0.3) is 0 Å². The molecule has 1 aromatic carbocycles. The first kappa shape index (κ1) is 11.7. The Morgan fingerprint density at radius 1 is 1.21 bits per heavy atom. The molecule has 76 valence electrons. The van der Waals surface area contributed by atoms with E-state index in [-0.39, 0.29) is 0 Å². The van der Waals surface area contributed by atoms with Crippen molar-refractivity contribution in [2.24, 2.45) is 0 Å². The van der Waals surface area contributed by atoms with Crippen LogP contribution in [0.2, 0.25) is 0 Å². The van der Waals surface area contributed by atoms with Gasteiger partial charge in [-0.3, -0.25) is 0 Å². The van der Waals surface area contributed by atoms with Crippen molar-refractivity contribution >= 4 is 34.3 Å². The minimum atomic E-state index is -0.469. The van der Waals surface area contributed by atoms with Gasteiger partial charge in [0.1, 0.15) is 0 Å². The van der Waals surface area contributed by atoms with Gasteiger partial charge in [0.05, 0.1) is 0 Å². The zero-order chi connectivity index (χ0) is 10.4. The first-order valence-electron chi connectivity index (χ1n) is 4.85. The second kappa shape index (κ2) is 6.21. The third-order valence-electron chi connectivity index (χ3n) is 2.08. The van der Waals surface area contributed by atoms with Crippen LogP contribution in [0.1, 0.15) is 19.8 Å². The molecule has 1 nitrogen and oxygen atoms in total. The molecule has 0 unspecified atom stereocenters. The number of para-hydroxylation sites is 1. The minimum Gasteiger partial charge on any atom is -0.388 e. The lowest BCUT2D eigenvalue weighted by atomic mass is 10.1. The third kappa shape index (κ3) is 3.43. The van der Waals surface area contributed by atoms with Crippen molar-refractivity contribution in [3.63, 3.8) is 0 Å². The van der Waals surface area contributed by atoms with Gasteiger partial charge in [0.2, 0.25) is 0 Å². The van der Waals surface area contributed by atoms with E-state index >= 15 is 0 Å². The zero-order valence-corrected chi connectivity index (χ0v) is 9.80. The lowest BCUT2D eigenvalue weighted by Crippen LogP contribution is -2.32. The van der Waals surface area contributed by atoms with Crippen LogP contribution < -0.4 is 4.81 Å². The number of hydrogen-bond donors (Lipinski definition) is 0. The Morgan fingerprint density at radius 3 is 2.36 bits per heavy atom. The van der Waals surface area contributed by atoms with Crippen molar-refractivity contribution in [2.75, 3.05) is 11.4 Å².